The third kappa shape index (κ3) is 1.12. The van der Waals surface area contributed by atoms with Gasteiger partial charge in [-0.15, -0.1) is 0 Å². The summed E-state index contributed by atoms with van der Waals surface area (Å²) in [6, 6.07) is 0.487. The van der Waals surface area contributed by atoms with E-state index in [9.17, 15) is 0 Å². The summed E-state index contributed by atoms with van der Waals surface area (Å²) in [5.74, 6) is 0. The lowest BCUT2D eigenvalue weighted by atomic mass is 10.1. The molecule has 0 radical (unpaired) electrons. The Balaban J connectivity index is 2.21. The highest BCUT2D eigenvalue weighted by Gasteiger charge is 2.18. The molecular formula is C8H13N3. The predicted octanol–water partition coefficient (Wildman–Crippen LogP) is 1.02. The van der Waals surface area contributed by atoms with Crippen molar-refractivity contribution in [2.24, 2.45) is 0 Å². The van der Waals surface area contributed by atoms with E-state index in [1.165, 1.54) is 18.4 Å². The van der Waals surface area contributed by atoms with Crippen molar-refractivity contribution in [3.05, 3.63) is 18.0 Å². The molecule has 4 N–H and O–H groups in total. The van der Waals surface area contributed by atoms with Crippen molar-refractivity contribution >= 4 is 5.69 Å². The van der Waals surface area contributed by atoms with Gasteiger partial charge in [-0.3, -0.25) is 0 Å². The Hall–Kier alpha value is -0.960. The SMILES string of the molecule is Nc1c[nH]cc1C1CCCN1. The molecule has 1 unspecified atom stereocenters. The third-order valence-electron chi connectivity index (χ3n) is 2.25. The first-order valence-electron chi connectivity index (χ1n) is 4.03. The molecule has 3 heteroatoms. The average Bonchev–Trinajstić information content (AvgIpc) is 2.55. The van der Waals surface area contributed by atoms with Crippen LogP contribution in [0.5, 0.6) is 0 Å². The van der Waals surface area contributed by atoms with E-state index < -0.39 is 0 Å². The number of nitrogens with one attached hydrogen (secondary N) is 2. The Labute approximate surface area is 66.0 Å². The fourth-order valence-corrected chi connectivity index (χ4v) is 1.64. The van der Waals surface area contributed by atoms with E-state index in [1.54, 1.807) is 0 Å². The number of hydrogen-bond donors (Lipinski definition) is 3. The van der Waals surface area contributed by atoms with Gasteiger partial charge in [0, 0.05) is 24.0 Å². The summed E-state index contributed by atoms with van der Waals surface area (Å²) in [6.07, 6.45) is 6.30. The number of nitrogens with two attached hydrogens (primary N) is 1. The minimum absolute atomic E-state index is 0.487. The smallest absolute Gasteiger partial charge is 0.0540 e. The van der Waals surface area contributed by atoms with Gasteiger partial charge in [-0.05, 0) is 19.4 Å². The maximum Gasteiger partial charge on any atom is 0.0540 e. The summed E-state index contributed by atoms with van der Waals surface area (Å²) in [5.41, 5.74) is 7.85. The van der Waals surface area contributed by atoms with Crippen LogP contribution in [0.4, 0.5) is 5.69 Å². The van der Waals surface area contributed by atoms with Gasteiger partial charge in [0.2, 0.25) is 0 Å². The zero-order valence-electron chi connectivity index (χ0n) is 6.43. The van der Waals surface area contributed by atoms with E-state index in [-0.39, 0.29) is 0 Å². The number of hydrogen-bond acceptors (Lipinski definition) is 2. The Morgan fingerprint density at radius 1 is 1.45 bits per heavy atom. The van der Waals surface area contributed by atoms with E-state index in [2.05, 4.69) is 10.3 Å². The summed E-state index contributed by atoms with van der Waals surface area (Å²) < 4.78 is 0. The zero-order valence-corrected chi connectivity index (χ0v) is 6.43. The Bertz CT molecular complexity index is 235. The van der Waals surface area contributed by atoms with Gasteiger partial charge in [-0.2, -0.15) is 0 Å². The summed E-state index contributed by atoms with van der Waals surface area (Å²) in [7, 11) is 0. The van der Waals surface area contributed by atoms with Crippen molar-refractivity contribution in [3.8, 4) is 0 Å². The van der Waals surface area contributed by atoms with Crippen LogP contribution >= 0.6 is 0 Å². The van der Waals surface area contributed by atoms with E-state index in [1.807, 2.05) is 12.4 Å². The number of rotatable bonds is 1. The molecule has 60 valence electrons. The minimum atomic E-state index is 0.487. The van der Waals surface area contributed by atoms with Crippen LogP contribution in [-0.2, 0) is 0 Å². The first kappa shape index (κ1) is 6.73. The average molecular weight is 151 g/mol. The lowest BCUT2D eigenvalue weighted by Crippen LogP contribution is -2.13. The lowest BCUT2D eigenvalue weighted by Gasteiger charge is -2.07. The number of H-pyrrole nitrogens is 1. The molecule has 0 aliphatic carbocycles. The molecule has 0 aromatic carbocycles. The van der Waals surface area contributed by atoms with E-state index >= 15 is 0 Å². The van der Waals surface area contributed by atoms with E-state index in [0.29, 0.717) is 6.04 Å². The molecule has 2 heterocycles. The molecule has 0 amide bonds. The molecule has 2 rings (SSSR count). The fraction of sp³-hybridized carbons (Fsp3) is 0.500. The van der Waals surface area contributed by atoms with Crippen LogP contribution in [0.15, 0.2) is 12.4 Å². The maximum absolute atomic E-state index is 5.75. The molecule has 1 fully saturated rings. The quantitative estimate of drug-likeness (QED) is 0.561. The van der Waals surface area contributed by atoms with Crippen LogP contribution in [0, 0.1) is 0 Å². The van der Waals surface area contributed by atoms with E-state index in [4.69, 9.17) is 5.73 Å². The molecule has 1 aliphatic rings. The molecule has 1 saturated heterocycles. The van der Waals surface area contributed by atoms with Gasteiger partial charge in [0.25, 0.3) is 0 Å². The highest BCUT2D eigenvalue weighted by atomic mass is 14.9. The third-order valence-corrected chi connectivity index (χ3v) is 2.25. The molecule has 1 atom stereocenters. The molecule has 1 aromatic heterocycles. The van der Waals surface area contributed by atoms with Crippen LogP contribution in [0.2, 0.25) is 0 Å². The Morgan fingerprint density at radius 2 is 2.36 bits per heavy atom. The highest BCUT2D eigenvalue weighted by molar-refractivity contribution is 5.46. The van der Waals surface area contributed by atoms with Crippen molar-refractivity contribution < 1.29 is 0 Å². The Morgan fingerprint density at radius 3 is 2.91 bits per heavy atom. The molecular weight excluding hydrogens is 138 g/mol. The summed E-state index contributed by atoms with van der Waals surface area (Å²) in [5, 5.41) is 3.40. The molecule has 3 nitrogen and oxygen atoms in total. The largest absolute Gasteiger partial charge is 0.397 e. The van der Waals surface area contributed by atoms with Crippen LogP contribution in [-0.4, -0.2) is 11.5 Å². The number of anilines is 1. The molecule has 0 bridgehead atoms. The van der Waals surface area contributed by atoms with Crippen LogP contribution in [0.1, 0.15) is 24.4 Å². The van der Waals surface area contributed by atoms with Gasteiger partial charge >= 0.3 is 0 Å². The molecule has 1 aromatic rings. The van der Waals surface area contributed by atoms with Crippen LogP contribution < -0.4 is 11.1 Å². The second kappa shape index (κ2) is 2.58. The lowest BCUT2D eigenvalue weighted by molar-refractivity contribution is 0.650. The molecule has 0 spiro atoms. The van der Waals surface area contributed by atoms with Crippen LogP contribution in [0.3, 0.4) is 0 Å². The standard InChI is InChI=1S/C8H13N3/c9-7-5-10-4-6(7)8-2-1-3-11-8/h4-5,8,10-11H,1-3,9H2. The van der Waals surface area contributed by atoms with Crippen LogP contribution in [0.25, 0.3) is 0 Å². The minimum Gasteiger partial charge on any atom is -0.397 e. The van der Waals surface area contributed by atoms with Gasteiger partial charge in [0.05, 0.1) is 5.69 Å². The van der Waals surface area contributed by atoms with Crippen molar-refractivity contribution in [3.63, 3.8) is 0 Å². The second-order valence-electron chi connectivity index (χ2n) is 3.01. The van der Waals surface area contributed by atoms with Gasteiger partial charge in [-0.1, -0.05) is 0 Å². The van der Waals surface area contributed by atoms with Crippen molar-refractivity contribution in [2.75, 3.05) is 12.3 Å². The van der Waals surface area contributed by atoms with Crippen molar-refractivity contribution in [1.29, 1.82) is 0 Å². The topological polar surface area (TPSA) is 53.8 Å². The first-order valence-corrected chi connectivity index (χ1v) is 4.03. The Kier molecular flexibility index (Phi) is 1.58. The predicted molar refractivity (Wildman–Crippen MR) is 45.2 cm³/mol. The number of nitrogen functional groups attached to an aromatic ring is 1. The number of aromatic amines is 1. The van der Waals surface area contributed by atoms with Gasteiger partial charge in [-0.25, -0.2) is 0 Å². The molecule has 0 saturated carbocycles. The first-order chi connectivity index (χ1) is 5.38. The summed E-state index contributed by atoms with van der Waals surface area (Å²) >= 11 is 0. The van der Waals surface area contributed by atoms with Gasteiger partial charge in [0.15, 0.2) is 0 Å². The van der Waals surface area contributed by atoms with E-state index in [0.717, 1.165) is 12.2 Å². The zero-order chi connectivity index (χ0) is 7.68. The molecule has 1 aliphatic heterocycles. The van der Waals surface area contributed by atoms with Gasteiger partial charge < -0.3 is 16.0 Å². The summed E-state index contributed by atoms with van der Waals surface area (Å²) in [6.45, 7) is 1.12. The number of aromatic nitrogens is 1. The van der Waals surface area contributed by atoms with Crippen molar-refractivity contribution in [1.82, 2.24) is 10.3 Å². The summed E-state index contributed by atoms with van der Waals surface area (Å²) in [4.78, 5) is 3.01. The maximum atomic E-state index is 5.75. The fourth-order valence-electron chi connectivity index (χ4n) is 1.64. The second-order valence-corrected chi connectivity index (χ2v) is 3.01. The normalized spacial score (nSPS) is 24.2. The highest BCUT2D eigenvalue weighted by Crippen LogP contribution is 2.26. The van der Waals surface area contributed by atoms with Crippen molar-refractivity contribution in [2.45, 2.75) is 18.9 Å². The monoisotopic (exact) mass is 151 g/mol. The molecule has 11 heavy (non-hydrogen) atoms. The van der Waals surface area contributed by atoms with Gasteiger partial charge in [0.1, 0.15) is 0 Å².